The summed E-state index contributed by atoms with van der Waals surface area (Å²) in [6, 6.07) is 0.191. The summed E-state index contributed by atoms with van der Waals surface area (Å²) < 4.78 is 5.70. The molecule has 0 spiro atoms. The molecule has 1 rings (SSSR count). The van der Waals surface area contributed by atoms with Gasteiger partial charge in [0.1, 0.15) is 0 Å². The minimum absolute atomic E-state index is 0.0183. The summed E-state index contributed by atoms with van der Waals surface area (Å²) in [5.41, 5.74) is 5.60. The number of hydrogen-bond donors (Lipinski definition) is 3. The Hall–Kier alpha value is -0.650. The Morgan fingerprint density at radius 1 is 1.50 bits per heavy atom. The Morgan fingerprint density at radius 3 is 2.72 bits per heavy atom. The van der Waals surface area contributed by atoms with Crippen LogP contribution in [0.3, 0.4) is 0 Å². The smallest absolute Gasteiger partial charge is 0.221 e. The first kappa shape index (κ1) is 15.4. The largest absolute Gasteiger partial charge is 0.374 e. The Morgan fingerprint density at radius 2 is 2.22 bits per heavy atom. The van der Waals surface area contributed by atoms with E-state index in [1.807, 2.05) is 13.8 Å². The molecule has 2 unspecified atom stereocenters. The molecular weight excluding hydrogens is 230 g/mol. The molecule has 5 nitrogen and oxygen atoms in total. The zero-order valence-electron chi connectivity index (χ0n) is 11.8. The van der Waals surface area contributed by atoms with Crippen molar-refractivity contribution in [3.05, 3.63) is 0 Å². The second-order valence-corrected chi connectivity index (χ2v) is 5.64. The quantitative estimate of drug-likeness (QED) is 0.616. The van der Waals surface area contributed by atoms with Crippen molar-refractivity contribution >= 4 is 5.91 Å². The highest BCUT2D eigenvalue weighted by Crippen LogP contribution is 2.24. The van der Waals surface area contributed by atoms with Crippen LogP contribution in [0, 0.1) is 0 Å². The summed E-state index contributed by atoms with van der Waals surface area (Å²) >= 11 is 0. The molecule has 1 saturated heterocycles. The number of hydrogen-bond acceptors (Lipinski definition) is 4. The summed E-state index contributed by atoms with van der Waals surface area (Å²) in [5.74, 6) is 0.0467. The maximum Gasteiger partial charge on any atom is 0.221 e. The number of nitrogens with two attached hydrogens (primary N) is 1. The highest BCUT2D eigenvalue weighted by molar-refractivity contribution is 5.76. The first-order valence-electron chi connectivity index (χ1n) is 6.82. The van der Waals surface area contributed by atoms with Crippen molar-refractivity contribution in [3.8, 4) is 0 Å². The van der Waals surface area contributed by atoms with E-state index in [-0.39, 0.29) is 23.6 Å². The molecule has 0 saturated carbocycles. The number of rotatable bonds is 7. The van der Waals surface area contributed by atoms with Gasteiger partial charge in [-0.2, -0.15) is 0 Å². The molecule has 1 amide bonds. The number of carbonyl (C=O) groups excluding carboxylic acids is 1. The Kier molecular flexibility index (Phi) is 6.05. The van der Waals surface area contributed by atoms with Crippen LogP contribution in [-0.2, 0) is 9.53 Å². The molecule has 5 heteroatoms. The summed E-state index contributed by atoms with van der Waals surface area (Å²) in [6.07, 6.45) is 2.60. The van der Waals surface area contributed by atoms with Gasteiger partial charge < -0.3 is 21.1 Å². The molecule has 0 aromatic heterocycles. The van der Waals surface area contributed by atoms with E-state index in [0.29, 0.717) is 13.0 Å². The highest BCUT2D eigenvalue weighted by Gasteiger charge is 2.30. The lowest BCUT2D eigenvalue weighted by atomic mass is 10.0. The van der Waals surface area contributed by atoms with Crippen LogP contribution in [0.2, 0.25) is 0 Å². The van der Waals surface area contributed by atoms with Gasteiger partial charge >= 0.3 is 0 Å². The van der Waals surface area contributed by atoms with Gasteiger partial charge in [-0.25, -0.2) is 0 Å². The zero-order chi connectivity index (χ0) is 13.6. The van der Waals surface area contributed by atoms with Crippen LogP contribution in [0.25, 0.3) is 0 Å². The SMILES string of the molecule is CC(C)NC(=O)CC(CN)NCC1(C)CCCO1. The Balaban J connectivity index is 2.30. The Bertz CT molecular complexity index is 263. The van der Waals surface area contributed by atoms with Gasteiger partial charge in [-0.05, 0) is 33.6 Å². The molecule has 1 aliphatic heterocycles. The van der Waals surface area contributed by atoms with Crippen molar-refractivity contribution in [3.63, 3.8) is 0 Å². The van der Waals surface area contributed by atoms with Crippen LogP contribution < -0.4 is 16.4 Å². The number of amides is 1. The van der Waals surface area contributed by atoms with Crippen molar-refractivity contribution < 1.29 is 9.53 Å². The predicted molar refractivity (Wildman–Crippen MR) is 72.3 cm³/mol. The summed E-state index contributed by atoms with van der Waals surface area (Å²) in [6.45, 7) is 8.06. The van der Waals surface area contributed by atoms with Gasteiger partial charge in [-0.3, -0.25) is 4.79 Å². The third-order valence-electron chi connectivity index (χ3n) is 3.23. The van der Waals surface area contributed by atoms with Crippen molar-refractivity contribution in [2.24, 2.45) is 5.73 Å². The lowest BCUT2D eigenvalue weighted by molar-refractivity contribution is -0.122. The van der Waals surface area contributed by atoms with Gasteiger partial charge in [0, 0.05) is 38.2 Å². The molecule has 0 aromatic carbocycles. The summed E-state index contributed by atoms with van der Waals surface area (Å²) in [5, 5.41) is 6.22. The third-order valence-corrected chi connectivity index (χ3v) is 3.23. The average molecular weight is 257 g/mol. The molecule has 0 bridgehead atoms. The van der Waals surface area contributed by atoms with Crippen LogP contribution in [0.15, 0.2) is 0 Å². The Labute approximate surface area is 110 Å². The molecule has 1 aliphatic rings. The van der Waals surface area contributed by atoms with Crippen LogP contribution in [-0.4, -0.2) is 43.3 Å². The average Bonchev–Trinajstić information content (AvgIpc) is 2.71. The lowest BCUT2D eigenvalue weighted by Gasteiger charge is -2.27. The minimum Gasteiger partial charge on any atom is -0.374 e. The molecule has 0 aliphatic carbocycles. The number of carbonyl (C=O) groups is 1. The molecule has 0 radical (unpaired) electrons. The van der Waals surface area contributed by atoms with Crippen molar-refractivity contribution in [1.29, 1.82) is 0 Å². The fourth-order valence-electron chi connectivity index (χ4n) is 2.18. The molecule has 106 valence electrons. The third kappa shape index (κ3) is 5.33. The van der Waals surface area contributed by atoms with Crippen molar-refractivity contribution in [2.75, 3.05) is 19.7 Å². The van der Waals surface area contributed by atoms with E-state index in [2.05, 4.69) is 17.6 Å². The van der Waals surface area contributed by atoms with Crippen LogP contribution in [0.5, 0.6) is 0 Å². The lowest BCUT2D eigenvalue weighted by Crippen LogP contribution is -2.47. The molecule has 4 N–H and O–H groups in total. The molecule has 1 heterocycles. The van der Waals surface area contributed by atoms with E-state index in [0.717, 1.165) is 26.0 Å². The standard InChI is InChI=1S/C13H27N3O2/c1-10(2)16-12(17)7-11(8-14)15-9-13(3)5-4-6-18-13/h10-11,15H,4-9,14H2,1-3H3,(H,16,17). The first-order chi connectivity index (χ1) is 8.45. The number of nitrogens with one attached hydrogen (secondary N) is 2. The second-order valence-electron chi connectivity index (χ2n) is 5.64. The molecule has 2 atom stereocenters. The van der Waals surface area contributed by atoms with Gasteiger partial charge in [-0.1, -0.05) is 0 Å². The van der Waals surface area contributed by atoms with E-state index in [4.69, 9.17) is 10.5 Å². The van der Waals surface area contributed by atoms with Crippen molar-refractivity contribution in [2.45, 2.75) is 57.7 Å². The maximum absolute atomic E-state index is 11.7. The zero-order valence-corrected chi connectivity index (χ0v) is 11.8. The molecule has 1 fully saturated rings. The van der Waals surface area contributed by atoms with E-state index in [1.54, 1.807) is 0 Å². The fourth-order valence-corrected chi connectivity index (χ4v) is 2.18. The summed E-state index contributed by atoms with van der Waals surface area (Å²) in [4.78, 5) is 11.7. The second kappa shape index (κ2) is 7.07. The van der Waals surface area contributed by atoms with E-state index < -0.39 is 0 Å². The highest BCUT2D eigenvalue weighted by atomic mass is 16.5. The maximum atomic E-state index is 11.7. The summed E-state index contributed by atoms with van der Waals surface area (Å²) in [7, 11) is 0. The fraction of sp³-hybridized carbons (Fsp3) is 0.923. The van der Waals surface area contributed by atoms with Crippen LogP contribution in [0.1, 0.15) is 40.0 Å². The van der Waals surface area contributed by atoms with Gasteiger partial charge in [-0.15, -0.1) is 0 Å². The predicted octanol–water partition coefficient (Wildman–Crippen LogP) is 0.387. The first-order valence-corrected chi connectivity index (χ1v) is 6.82. The molecule has 0 aromatic rings. The van der Waals surface area contributed by atoms with Crippen molar-refractivity contribution in [1.82, 2.24) is 10.6 Å². The topological polar surface area (TPSA) is 76.4 Å². The number of ether oxygens (including phenoxy) is 1. The molecular formula is C13H27N3O2. The minimum atomic E-state index is -0.0953. The normalized spacial score (nSPS) is 25.4. The van der Waals surface area contributed by atoms with Gasteiger partial charge in [0.2, 0.25) is 5.91 Å². The van der Waals surface area contributed by atoms with Gasteiger partial charge in [0.15, 0.2) is 0 Å². The van der Waals surface area contributed by atoms with Crippen LogP contribution in [0.4, 0.5) is 0 Å². The monoisotopic (exact) mass is 257 g/mol. The molecule has 18 heavy (non-hydrogen) atoms. The van der Waals surface area contributed by atoms with Gasteiger partial charge in [0.05, 0.1) is 5.60 Å². The van der Waals surface area contributed by atoms with E-state index in [1.165, 1.54) is 0 Å². The van der Waals surface area contributed by atoms with E-state index >= 15 is 0 Å². The van der Waals surface area contributed by atoms with E-state index in [9.17, 15) is 4.79 Å². The van der Waals surface area contributed by atoms with Crippen LogP contribution >= 0.6 is 0 Å². The van der Waals surface area contributed by atoms with Gasteiger partial charge in [0.25, 0.3) is 0 Å².